The van der Waals surface area contributed by atoms with Gasteiger partial charge in [-0.25, -0.2) is 0 Å². The van der Waals surface area contributed by atoms with Crippen molar-refractivity contribution < 1.29 is 24.4 Å². The lowest BCUT2D eigenvalue weighted by Gasteiger charge is -2.32. The largest absolute Gasteiger partial charge is 0.872 e. The highest BCUT2D eigenvalue weighted by molar-refractivity contribution is 8.18. The third kappa shape index (κ3) is 4.87. The second-order valence-electron chi connectivity index (χ2n) is 8.42. The second kappa shape index (κ2) is 9.81. The molecule has 2 saturated heterocycles. The number of thioether (sulfide) groups is 1. The van der Waals surface area contributed by atoms with Crippen LogP contribution < -0.4 is 10.0 Å². The number of para-hydroxylation sites is 1. The summed E-state index contributed by atoms with van der Waals surface area (Å²) in [6, 6.07) is 20.1. The number of carbonyl (C=O) groups is 3. The lowest BCUT2D eigenvalue weighted by molar-refractivity contribution is -0.837. The maximum Gasteiger partial charge on any atom is 0.294 e. The lowest BCUT2D eigenvalue weighted by atomic mass is 10.2. The summed E-state index contributed by atoms with van der Waals surface area (Å²) < 4.78 is 1.83. The summed E-state index contributed by atoms with van der Waals surface area (Å²) >= 11 is 0.833. The third-order valence-corrected chi connectivity index (χ3v) is 7.15. The lowest BCUT2D eigenvalue weighted by Crippen LogP contribution is -3.10. The molecule has 3 amide bonds. The van der Waals surface area contributed by atoms with E-state index < -0.39 is 11.1 Å². The number of nitrogens with one attached hydrogen (secondary N) is 1. The van der Waals surface area contributed by atoms with Crippen LogP contribution in [0.2, 0.25) is 0 Å². The number of imide groups is 1. The Bertz CT molecular complexity index is 1280. The zero-order valence-electron chi connectivity index (χ0n) is 18.9. The summed E-state index contributed by atoms with van der Waals surface area (Å²) in [5, 5.41) is 11.0. The quantitative estimate of drug-likeness (QED) is 0.552. The molecule has 5 rings (SSSR count). The van der Waals surface area contributed by atoms with Gasteiger partial charge in [0.15, 0.2) is 0 Å². The summed E-state index contributed by atoms with van der Waals surface area (Å²) in [6.45, 7) is 2.45. The molecule has 178 valence electrons. The van der Waals surface area contributed by atoms with Crippen LogP contribution in [0.4, 0.5) is 10.5 Å². The average molecular weight is 489 g/mol. The summed E-state index contributed by atoms with van der Waals surface area (Å²) in [7, 11) is 0. The number of aromatic nitrogens is 1. The first-order chi connectivity index (χ1) is 17.0. The number of carbonyl (C=O) groups excluding carboxylic acids is 3. The molecule has 2 aliphatic heterocycles. The van der Waals surface area contributed by atoms with Gasteiger partial charge in [-0.1, -0.05) is 30.3 Å². The van der Waals surface area contributed by atoms with Crippen LogP contribution in [0.15, 0.2) is 77.8 Å². The Morgan fingerprint density at radius 2 is 1.69 bits per heavy atom. The minimum absolute atomic E-state index is 0.0869. The molecule has 35 heavy (non-hydrogen) atoms. The van der Waals surface area contributed by atoms with E-state index in [1.54, 1.807) is 23.1 Å². The van der Waals surface area contributed by atoms with Crippen LogP contribution in [0.1, 0.15) is 5.69 Å². The Morgan fingerprint density at radius 3 is 2.40 bits per heavy atom. The molecule has 2 fully saturated rings. The zero-order valence-corrected chi connectivity index (χ0v) is 19.7. The molecule has 0 unspecified atom stereocenters. The number of rotatable bonds is 5. The van der Waals surface area contributed by atoms with Gasteiger partial charge >= 0.3 is 0 Å². The highest BCUT2D eigenvalue weighted by Gasteiger charge is 2.38. The molecule has 0 bridgehead atoms. The van der Waals surface area contributed by atoms with E-state index in [4.69, 9.17) is 0 Å². The summed E-state index contributed by atoms with van der Waals surface area (Å²) in [5.74, 6) is -0.776. The van der Waals surface area contributed by atoms with Crippen molar-refractivity contribution in [3.63, 3.8) is 0 Å². The van der Waals surface area contributed by atoms with Crippen molar-refractivity contribution in [2.24, 2.45) is 0 Å². The number of hydrogen-bond acceptors (Lipinski definition) is 5. The van der Waals surface area contributed by atoms with Gasteiger partial charge in [-0.2, -0.15) is 0 Å². The van der Waals surface area contributed by atoms with E-state index in [9.17, 15) is 19.5 Å². The van der Waals surface area contributed by atoms with Gasteiger partial charge in [0, 0.05) is 17.6 Å². The van der Waals surface area contributed by atoms with Crippen LogP contribution in [0.5, 0.6) is 5.75 Å². The van der Waals surface area contributed by atoms with Gasteiger partial charge in [-0.05, 0) is 54.2 Å². The van der Waals surface area contributed by atoms with Gasteiger partial charge in [0.25, 0.3) is 11.1 Å². The second-order valence-corrected chi connectivity index (χ2v) is 9.41. The highest BCUT2D eigenvalue weighted by atomic mass is 32.2. The maximum absolute atomic E-state index is 13.0. The molecule has 1 aromatic heterocycles. The number of piperazine rings is 1. The van der Waals surface area contributed by atoms with Crippen molar-refractivity contribution in [1.29, 1.82) is 0 Å². The normalized spacial score (nSPS) is 18.0. The first-order valence-corrected chi connectivity index (χ1v) is 12.2. The molecule has 1 N–H and O–H groups in total. The number of nitrogens with zero attached hydrogens (tertiary/aromatic N) is 3. The number of amides is 3. The van der Waals surface area contributed by atoms with E-state index >= 15 is 0 Å². The highest BCUT2D eigenvalue weighted by Crippen LogP contribution is 2.32. The zero-order chi connectivity index (χ0) is 24.4. The van der Waals surface area contributed by atoms with Crippen LogP contribution in [-0.4, -0.2) is 64.1 Å². The van der Waals surface area contributed by atoms with Gasteiger partial charge in [0.1, 0.15) is 12.2 Å². The van der Waals surface area contributed by atoms with E-state index in [1.807, 2.05) is 41.1 Å². The fourth-order valence-electron chi connectivity index (χ4n) is 4.35. The maximum atomic E-state index is 13.0. The Morgan fingerprint density at radius 1 is 0.971 bits per heavy atom. The first-order valence-electron chi connectivity index (χ1n) is 11.4. The van der Waals surface area contributed by atoms with Crippen LogP contribution in [0, 0.1) is 0 Å². The predicted octanol–water partition coefficient (Wildman–Crippen LogP) is 1.65. The predicted molar refractivity (Wildman–Crippen MR) is 131 cm³/mol. The third-order valence-electron chi connectivity index (χ3n) is 6.24. The summed E-state index contributed by atoms with van der Waals surface area (Å²) in [4.78, 5) is 42.8. The summed E-state index contributed by atoms with van der Waals surface area (Å²) in [6.07, 6.45) is 3.46. The van der Waals surface area contributed by atoms with Crippen molar-refractivity contribution in [2.45, 2.75) is 0 Å². The molecule has 8 nitrogen and oxygen atoms in total. The van der Waals surface area contributed by atoms with Crippen LogP contribution in [-0.2, 0) is 9.59 Å². The Balaban J connectivity index is 1.24. The van der Waals surface area contributed by atoms with Gasteiger partial charge in [0.05, 0.1) is 31.1 Å². The van der Waals surface area contributed by atoms with Gasteiger partial charge in [-0.15, -0.1) is 5.75 Å². The fraction of sp³-hybridized carbons (Fsp3) is 0.192. The average Bonchev–Trinajstić information content (AvgIpc) is 3.45. The molecule has 0 radical (unpaired) electrons. The van der Waals surface area contributed by atoms with Crippen molar-refractivity contribution in [3.05, 3.63) is 83.5 Å². The molecule has 2 aliphatic rings. The van der Waals surface area contributed by atoms with Crippen LogP contribution >= 0.6 is 11.8 Å². The Kier molecular flexibility index (Phi) is 6.43. The monoisotopic (exact) mass is 488 g/mol. The van der Waals surface area contributed by atoms with Crippen molar-refractivity contribution in [3.8, 4) is 11.4 Å². The fourth-order valence-corrected chi connectivity index (χ4v) is 5.17. The van der Waals surface area contributed by atoms with Crippen LogP contribution in [0.3, 0.4) is 0 Å². The van der Waals surface area contributed by atoms with E-state index in [0.717, 1.165) is 35.4 Å². The Hall–Kier alpha value is -3.82. The number of hydrogen-bond donors (Lipinski definition) is 1. The Labute approximate surface area is 207 Å². The molecule has 2 aromatic carbocycles. The van der Waals surface area contributed by atoms with E-state index in [2.05, 4.69) is 12.1 Å². The molecular weight excluding hydrogens is 464 g/mol. The van der Waals surface area contributed by atoms with Crippen LogP contribution in [0.25, 0.3) is 11.8 Å². The van der Waals surface area contributed by atoms with Crippen molar-refractivity contribution >= 4 is 40.6 Å². The molecule has 3 aromatic rings. The molecule has 0 saturated carbocycles. The topological polar surface area (TPSA) is 90.1 Å². The van der Waals surface area contributed by atoms with Gasteiger partial charge in [-0.3, -0.25) is 24.2 Å². The minimum Gasteiger partial charge on any atom is -0.872 e. The summed E-state index contributed by atoms with van der Waals surface area (Å²) in [5.41, 5.74) is 2.66. The molecule has 0 aliphatic carbocycles. The molecule has 0 spiro atoms. The van der Waals surface area contributed by atoms with E-state index in [1.165, 1.54) is 22.7 Å². The number of quaternary nitrogens is 1. The van der Waals surface area contributed by atoms with E-state index in [-0.39, 0.29) is 23.1 Å². The SMILES string of the molecule is O=C(CN1C(=O)S/C(=C\c2cccn2-c2ccc([O-])cc2)C1=O)N1CC[NH+](c2ccccc2)CC1. The van der Waals surface area contributed by atoms with Crippen molar-refractivity contribution in [2.75, 3.05) is 32.7 Å². The van der Waals surface area contributed by atoms with Gasteiger partial charge in [0.2, 0.25) is 5.91 Å². The van der Waals surface area contributed by atoms with Gasteiger partial charge < -0.3 is 14.6 Å². The molecule has 0 atom stereocenters. The first kappa shape index (κ1) is 22.9. The van der Waals surface area contributed by atoms with E-state index in [0.29, 0.717) is 18.8 Å². The molecular formula is C26H24N4O4S. The molecule has 9 heteroatoms. The van der Waals surface area contributed by atoms with Crippen molar-refractivity contribution in [1.82, 2.24) is 14.4 Å². The smallest absolute Gasteiger partial charge is 0.294 e. The standard InChI is InChI=1S/C26H24N4O4S/c31-22-10-8-20(9-11-22)29-12-4-7-21(29)17-23-25(33)30(26(34)35-23)18-24(32)28-15-13-27(14-16-28)19-5-2-1-3-6-19/h1-12,17,31H,13-16,18H2/b23-17-. The molecule has 3 heterocycles. The minimum atomic E-state index is -0.468. The number of benzene rings is 2.